The number of carbonyl (C=O) groups excluding carboxylic acids is 1. The molecule has 23 heavy (non-hydrogen) atoms. The first-order valence-corrected chi connectivity index (χ1v) is 9.98. The van der Waals surface area contributed by atoms with E-state index in [4.69, 9.17) is 4.74 Å². The average Bonchev–Trinajstić information content (AvgIpc) is 2.42. The van der Waals surface area contributed by atoms with Crippen LogP contribution in [0.3, 0.4) is 0 Å². The summed E-state index contributed by atoms with van der Waals surface area (Å²) in [5.41, 5.74) is 0.209. The van der Waals surface area contributed by atoms with Crippen molar-refractivity contribution in [3.63, 3.8) is 0 Å². The van der Waals surface area contributed by atoms with Crippen LogP contribution in [0.5, 0.6) is 0 Å². The molecule has 0 amide bonds. The van der Waals surface area contributed by atoms with Crippen molar-refractivity contribution in [3.8, 4) is 0 Å². The molecule has 0 aromatic carbocycles. The lowest BCUT2D eigenvalue weighted by molar-refractivity contribution is -0.167. The predicted octanol–water partition coefficient (Wildman–Crippen LogP) is 4.05. The molecule has 1 N–H and O–H groups in total. The summed E-state index contributed by atoms with van der Waals surface area (Å²) >= 11 is 3.59. The smallest absolute Gasteiger partial charge is 0.311 e. The van der Waals surface area contributed by atoms with E-state index in [0.29, 0.717) is 0 Å². The minimum atomic E-state index is -0.974. The van der Waals surface area contributed by atoms with Gasteiger partial charge in [0.05, 0.1) is 16.4 Å². The van der Waals surface area contributed by atoms with Gasteiger partial charge in [0.15, 0.2) is 0 Å². The van der Waals surface area contributed by atoms with Crippen molar-refractivity contribution < 1.29 is 19.4 Å². The fourth-order valence-electron chi connectivity index (χ4n) is 2.61. The Labute approximate surface area is 147 Å². The van der Waals surface area contributed by atoms with Gasteiger partial charge in [-0.1, -0.05) is 19.1 Å². The first-order chi connectivity index (χ1) is 10.5. The fraction of sp³-hybridized carbons (Fsp3) is 0.765. The molecule has 0 aromatic rings. The molecule has 0 bridgehead atoms. The number of rotatable bonds is 6. The largest absolute Gasteiger partial charge is 0.481 e. The molecule has 1 heterocycles. The van der Waals surface area contributed by atoms with Crippen molar-refractivity contribution >= 4 is 35.5 Å². The van der Waals surface area contributed by atoms with Crippen LogP contribution in [0.2, 0.25) is 0 Å². The molecule has 0 unspecified atom stereocenters. The van der Waals surface area contributed by atoms with Crippen LogP contribution in [0.1, 0.15) is 41.0 Å². The molecular formula is C17H28O4S2. The van der Waals surface area contributed by atoms with Gasteiger partial charge in [-0.2, -0.15) is 0 Å². The quantitative estimate of drug-likeness (QED) is 0.569. The summed E-state index contributed by atoms with van der Waals surface area (Å²) in [5.74, 6) is -1.08. The maximum Gasteiger partial charge on any atom is 0.311 e. The van der Waals surface area contributed by atoms with Crippen molar-refractivity contribution in [2.75, 3.05) is 11.5 Å². The third kappa shape index (κ3) is 6.07. The highest BCUT2D eigenvalue weighted by Crippen LogP contribution is 2.44. The molecule has 0 aliphatic carbocycles. The zero-order chi connectivity index (χ0) is 17.8. The van der Waals surface area contributed by atoms with Gasteiger partial charge in [0, 0.05) is 5.92 Å². The Hall–Kier alpha value is -0.620. The van der Waals surface area contributed by atoms with E-state index in [9.17, 15) is 14.7 Å². The average molecular weight is 361 g/mol. The SMILES string of the molecule is C=C(C)[C@H](C1SCCCS1)[C@H](C(=O)OC(C)(C)C)[C@@H](C)C(=O)O. The van der Waals surface area contributed by atoms with Crippen LogP contribution < -0.4 is 0 Å². The number of ether oxygens (including phenoxy) is 1. The predicted molar refractivity (Wildman–Crippen MR) is 97.8 cm³/mol. The van der Waals surface area contributed by atoms with Gasteiger partial charge in [-0.15, -0.1) is 23.5 Å². The van der Waals surface area contributed by atoms with Crippen LogP contribution in [0, 0.1) is 17.8 Å². The molecule has 3 atom stereocenters. The Morgan fingerprint density at radius 2 is 1.78 bits per heavy atom. The number of esters is 1. The van der Waals surface area contributed by atoms with Crippen LogP contribution in [-0.2, 0) is 14.3 Å². The number of carbonyl (C=O) groups is 2. The second kappa shape index (κ2) is 8.47. The second-order valence-corrected chi connectivity index (χ2v) is 9.82. The lowest BCUT2D eigenvalue weighted by Crippen LogP contribution is -2.42. The standard InChI is InChI=1S/C17H28O4S2/c1-10(2)12(16-22-8-7-9-23-16)13(11(3)14(18)19)15(20)21-17(4,5)6/h11-13,16H,1,7-9H2,2-6H3,(H,18,19)/t11-,12+,13-/m1/s1. The zero-order valence-corrected chi connectivity index (χ0v) is 16.3. The summed E-state index contributed by atoms with van der Waals surface area (Å²) in [5, 5.41) is 9.48. The Morgan fingerprint density at radius 1 is 1.26 bits per heavy atom. The summed E-state index contributed by atoms with van der Waals surface area (Å²) in [6, 6.07) is 0. The number of carboxylic acids is 1. The monoisotopic (exact) mass is 360 g/mol. The number of carboxylic acid groups (broad SMARTS) is 1. The van der Waals surface area contributed by atoms with Crippen LogP contribution in [-0.4, -0.2) is 38.7 Å². The van der Waals surface area contributed by atoms with Gasteiger partial charge in [0.25, 0.3) is 0 Å². The number of thioether (sulfide) groups is 2. The molecule has 132 valence electrons. The molecule has 1 rings (SSSR count). The van der Waals surface area contributed by atoms with E-state index < -0.39 is 29.4 Å². The lowest BCUT2D eigenvalue weighted by atomic mass is 9.79. The molecule has 4 nitrogen and oxygen atoms in total. The van der Waals surface area contributed by atoms with Gasteiger partial charge < -0.3 is 9.84 Å². The Morgan fingerprint density at radius 3 is 2.17 bits per heavy atom. The van der Waals surface area contributed by atoms with Crippen molar-refractivity contribution in [3.05, 3.63) is 12.2 Å². The topological polar surface area (TPSA) is 63.6 Å². The van der Waals surface area contributed by atoms with E-state index in [2.05, 4.69) is 6.58 Å². The van der Waals surface area contributed by atoms with Crippen molar-refractivity contribution in [1.29, 1.82) is 0 Å². The first-order valence-electron chi connectivity index (χ1n) is 7.89. The maximum absolute atomic E-state index is 12.7. The number of allylic oxidation sites excluding steroid dienone is 1. The van der Waals surface area contributed by atoms with E-state index >= 15 is 0 Å². The molecule has 1 aliphatic rings. The number of aliphatic carboxylic acids is 1. The molecule has 1 aliphatic heterocycles. The lowest BCUT2D eigenvalue weighted by Gasteiger charge is -2.37. The Balaban J connectivity index is 3.14. The second-order valence-electron chi connectivity index (χ2n) is 7.02. The van der Waals surface area contributed by atoms with Crippen LogP contribution in [0.4, 0.5) is 0 Å². The fourth-order valence-corrected chi connectivity index (χ4v) is 6.06. The molecule has 0 aromatic heterocycles. The zero-order valence-electron chi connectivity index (χ0n) is 14.6. The molecule has 6 heteroatoms. The summed E-state index contributed by atoms with van der Waals surface area (Å²) in [6.45, 7) is 12.9. The third-order valence-corrected chi connectivity index (χ3v) is 6.82. The summed E-state index contributed by atoms with van der Waals surface area (Å²) < 4.78 is 5.68. The highest BCUT2D eigenvalue weighted by atomic mass is 32.2. The van der Waals surface area contributed by atoms with Gasteiger partial charge in [0.2, 0.25) is 0 Å². The van der Waals surface area contributed by atoms with Crippen LogP contribution >= 0.6 is 23.5 Å². The first kappa shape index (κ1) is 20.4. The van der Waals surface area contributed by atoms with E-state index in [0.717, 1.165) is 23.5 Å². The van der Waals surface area contributed by atoms with E-state index in [-0.39, 0.29) is 10.5 Å². The highest BCUT2D eigenvalue weighted by Gasteiger charge is 2.44. The summed E-state index contributed by atoms with van der Waals surface area (Å²) in [7, 11) is 0. The van der Waals surface area contributed by atoms with Gasteiger partial charge >= 0.3 is 11.9 Å². The van der Waals surface area contributed by atoms with E-state index in [1.165, 1.54) is 0 Å². The summed E-state index contributed by atoms with van der Waals surface area (Å²) in [4.78, 5) is 24.3. The number of hydrogen-bond donors (Lipinski definition) is 1. The molecule has 1 saturated heterocycles. The van der Waals surface area contributed by atoms with E-state index in [1.807, 2.05) is 6.92 Å². The van der Waals surface area contributed by atoms with E-state index in [1.54, 1.807) is 51.2 Å². The van der Waals surface area contributed by atoms with Crippen LogP contribution in [0.25, 0.3) is 0 Å². The molecule has 1 fully saturated rings. The maximum atomic E-state index is 12.7. The van der Waals surface area contributed by atoms with Gasteiger partial charge in [0.1, 0.15) is 5.60 Å². The Kier molecular flexibility index (Phi) is 7.52. The van der Waals surface area contributed by atoms with Crippen molar-refractivity contribution in [2.45, 2.75) is 51.2 Å². The van der Waals surface area contributed by atoms with Gasteiger partial charge in [-0.25, -0.2) is 0 Å². The molecule has 0 saturated carbocycles. The third-order valence-electron chi connectivity index (χ3n) is 3.71. The van der Waals surface area contributed by atoms with Crippen molar-refractivity contribution in [2.24, 2.45) is 17.8 Å². The van der Waals surface area contributed by atoms with Gasteiger partial charge in [-0.05, 0) is 45.6 Å². The minimum Gasteiger partial charge on any atom is -0.481 e. The summed E-state index contributed by atoms with van der Waals surface area (Å²) in [6.07, 6.45) is 1.14. The molecular weight excluding hydrogens is 332 g/mol. The van der Waals surface area contributed by atoms with Gasteiger partial charge in [-0.3, -0.25) is 9.59 Å². The van der Waals surface area contributed by atoms with Crippen molar-refractivity contribution in [1.82, 2.24) is 0 Å². The minimum absolute atomic E-state index is 0.153. The Bertz CT molecular complexity index is 450. The number of hydrogen-bond acceptors (Lipinski definition) is 5. The molecule has 0 radical (unpaired) electrons. The normalized spacial score (nSPS) is 20.4. The molecule has 0 spiro atoms. The highest BCUT2D eigenvalue weighted by molar-refractivity contribution is 8.17. The van der Waals surface area contributed by atoms with Crippen LogP contribution in [0.15, 0.2) is 12.2 Å².